The Morgan fingerprint density at radius 3 is 2.40 bits per heavy atom. The van der Waals surface area contributed by atoms with Crippen LogP contribution in [0.25, 0.3) is 10.9 Å². The molecule has 9 nitrogen and oxygen atoms in total. The minimum absolute atomic E-state index is 0.0999. The maximum absolute atomic E-state index is 12.9. The van der Waals surface area contributed by atoms with Gasteiger partial charge in [0.1, 0.15) is 11.3 Å². The maximum atomic E-state index is 12.9. The number of carbonyl (C=O) groups excluding carboxylic acids is 3. The van der Waals surface area contributed by atoms with E-state index in [2.05, 4.69) is 4.98 Å². The molecule has 3 amide bonds. The summed E-state index contributed by atoms with van der Waals surface area (Å²) in [5.74, 6) is -0.629. The number of piperazine rings is 1. The van der Waals surface area contributed by atoms with Crippen LogP contribution in [0.4, 0.5) is 4.79 Å². The van der Waals surface area contributed by atoms with Crippen molar-refractivity contribution in [2.24, 2.45) is 5.73 Å². The molecule has 3 rings (SSSR count). The van der Waals surface area contributed by atoms with Gasteiger partial charge >= 0.3 is 6.09 Å². The quantitative estimate of drug-likeness (QED) is 0.717. The van der Waals surface area contributed by atoms with Crippen LogP contribution in [-0.2, 0) is 16.0 Å². The van der Waals surface area contributed by atoms with Crippen molar-refractivity contribution in [3.05, 3.63) is 35.5 Å². The minimum atomic E-state index is -0.724. The van der Waals surface area contributed by atoms with Gasteiger partial charge in [-0.05, 0) is 19.1 Å². The zero-order valence-corrected chi connectivity index (χ0v) is 17.5. The summed E-state index contributed by atoms with van der Waals surface area (Å²) >= 11 is 5.68. The molecule has 0 saturated carbocycles. The number of benzene rings is 1. The number of nitrogens with zero attached hydrogens (tertiary/aromatic N) is 3. The van der Waals surface area contributed by atoms with Gasteiger partial charge < -0.3 is 25.0 Å². The molecule has 0 bridgehead atoms. The van der Waals surface area contributed by atoms with E-state index in [1.165, 1.54) is 12.0 Å². The average molecular weight is 435 g/mol. The fourth-order valence-electron chi connectivity index (χ4n) is 3.43. The maximum Gasteiger partial charge on any atom is 0.411 e. The Hall–Kier alpha value is -3.07. The van der Waals surface area contributed by atoms with Crippen LogP contribution in [0, 0.1) is 0 Å². The summed E-state index contributed by atoms with van der Waals surface area (Å²) in [4.78, 5) is 44.5. The summed E-state index contributed by atoms with van der Waals surface area (Å²) in [5.41, 5.74) is 5.82. The van der Waals surface area contributed by atoms with Gasteiger partial charge in [-0.3, -0.25) is 14.6 Å². The van der Waals surface area contributed by atoms with E-state index in [0.717, 1.165) is 0 Å². The standard InChI is InChI=1S/C20H23ClN4O5/c1-12(21)30-20(28)25-9-7-24(8-10-25)16(26)11-15-17(19(22)27)18(29-2)13-5-3-4-6-14(13)23-15/h3-6,12H,7-11H2,1-2H3,(H2,22,27). The number of amides is 3. The number of hydrogen-bond donors (Lipinski definition) is 1. The molecule has 1 saturated heterocycles. The Morgan fingerprint density at radius 1 is 1.17 bits per heavy atom. The number of methoxy groups -OCH3 is 1. The van der Waals surface area contributed by atoms with Crippen molar-refractivity contribution < 1.29 is 23.9 Å². The first-order valence-electron chi connectivity index (χ1n) is 9.44. The van der Waals surface area contributed by atoms with Gasteiger partial charge in [-0.2, -0.15) is 0 Å². The van der Waals surface area contributed by atoms with Crippen molar-refractivity contribution in [3.63, 3.8) is 0 Å². The zero-order chi connectivity index (χ0) is 21.8. The lowest BCUT2D eigenvalue weighted by Crippen LogP contribution is -2.51. The Bertz CT molecular complexity index is 973. The summed E-state index contributed by atoms with van der Waals surface area (Å²) in [6.07, 6.45) is -0.621. The number of rotatable bonds is 5. The number of hydrogen-bond acceptors (Lipinski definition) is 6. The highest BCUT2D eigenvalue weighted by Crippen LogP contribution is 2.31. The zero-order valence-electron chi connectivity index (χ0n) is 16.8. The van der Waals surface area contributed by atoms with E-state index >= 15 is 0 Å². The van der Waals surface area contributed by atoms with Gasteiger partial charge in [-0.15, -0.1) is 0 Å². The van der Waals surface area contributed by atoms with Crippen molar-refractivity contribution in [1.82, 2.24) is 14.8 Å². The molecule has 0 aliphatic carbocycles. The molecule has 1 aliphatic heterocycles. The number of carbonyl (C=O) groups is 3. The Labute approximate surface area is 178 Å². The monoisotopic (exact) mass is 434 g/mol. The molecule has 1 aromatic carbocycles. The SMILES string of the molecule is COc1c(C(N)=O)c(CC(=O)N2CCN(C(=O)OC(C)Cl)CC2)nc2ccccc12. The van der Waals surface area contributed by atoms with Crippen molar-refractivity contribution in [2.45, 2.75) is 18.9 Å². The third-order valence-corrected chi connectivity index (χ3v) is 4.93. The van der Waals surface area contributed by atoms with Crippen molar-refractivity contribution in [2.75, 3.05) is 33.3 Å². The smallest absolute Gasteiger partial charge is 0.411 e. The van der Waals surface area contributed by atoms with E-state index in [1.807, 2.05) is 6.07 Å². The topological polar surface area (TPSA) is 115 Å². The molecule has 1 aliphatic rings. The third kappa shape index (κ3) is 4.56. The van der Waals surface area contributed by atoms with Crippen LogP contribution in [-0.4, -0.2) is 71.5 Å². The molecular formula is C20H23ClN4O5. The lowest BCUT2D eigenvalue weighted by Gasteiger charge is -2.34. The number of fused-ring (bicyclic) bond motifs is 1. The van der Waals surface area contributed by atoms with E-state index in [1.54, 1.807) is 30.0 Å². The van der Waals surface area contributed by atoms with Crippen LogP contribution in [0.2, 0.25) is 0 Å². The summed E-state index contributed by atoms with van der Waals surface area (Å²) in [6, 6.07) is 7.17. The van der Waals surface area contributed by atoms with Gasteiger partial charge in [0.05, 0.1) is 24.7 Å². The van der Waals surface area contributed by atoms with Gasteiger partial charge in [-0.1, -0.05) is 23.7 Å². The molecule has 2 heterocycles. The van der Waals surface area contributed by atoms with E-state index in [4.69, 9.17) is 26.8 Å². The number of primary amides is 1. The van der Waals surface area contributed by atoms with Crippen LogP contribution >= 0.6 is 11.6 Å². The third-order valence-electron chi connectivity index (χ3n) is 4.84. The van der Waals surface area contributed by atoms with Crippen LogP contribution in [0.3, 0.4) is 0 Å². The van der Waals surface area contributed by atoms with Gasteiger partial charge in [0.2, 0.25) is 5.91 Å². The van der Waals surface area contributed by atoms with E-state index in [0.29, 0.717) is 42.8 Å². The first-order chi connectivity index (χ1) is 14.3. The molecule has 160 valence electrons. The number of alkyl halides is 1. The molecule has 0 spiro atoms. The molecule has 30 heavy (non-hydrogen) atoms. The molecule has 2 aromatic rings. The number of aromatic nitrogens is 1. The van der Waals surface area contributed by atoms with Gasteiger partial charge in [-0.25, -0.2) is 4.79 Å². The van der Waals surface area contributed by atoms with E-state index < -0.39 is 17.6 Å². The molecule has 1 aromatic heterocycles. The fourth-order valence-corrected chi connectivity index (χ4v) is 3.51. The molecule has 1 atom stereocenters. The second-order valence-electron chi connectivity index (χ2n) is 6.82. The highest BCUT2D eigenvalue weighted by molar-refractivity contribution is 6.19. The Morgan fingerprint density at radius 2 is 1.80 bits per heavy atom. The predicted octanol–water partition coefficient (Wildman–Crippen LogP) is 1.75. The lowest BCUT2D eigenvalue weighted by atomic mass is 10.0. The number of halogens is 1. The highest BCUT2D eigenvalue weighted by atomic mass is 35.5. The highest BCUT2D eigenvalue weighted by Gasteiger charge is 2.28. The molecular weight excluding hydrogens is 412 g/mol. The van der Waals surface area contributed by atoms with Crippen LogP contribution < -0.4 is 10.5 Å². The van der Waals surface area contributed by atoms with Gasteiger partial charge in [0, 0.05) is 31.6 Å². The Balaban J connectivity index is 1.78. The van der Waals surface area contributed by atoms with Crippen LogP contribution in [0.15, 0.2) is 24.3 Å². The molecule has 0 radical (unpaired) electrons. The van der Waals surface area contributed by atoms with Crippen LogP contribution in [0.1, 0.15) is 23.0 Å². The molecule has 1 unspecified atom stereocenters. The molecule has 1 fully saturated rings. The van der Waals surface area contributed by atoms with Crippen LogP contribution in [0.5, 0.6) is 5.75 Å². The van der Waals surface area contributed by atoms with E-state index in [9.17, 15) is 14.4 Å². The Kier molecular flexibility index (Phi) is 6.61. The van der Waals surface area contributed by atoms with Gasteiger partial charge in [0.15, 0.2) is 5.56 Å². The largest absolute Gasteiger partial charge is 0.495 e. The average Bonchev–Trinajstić information content (AvgIpc) is 2.72. The molecule has 2 N–H and O–H groups in total. The molecule has 10 heteroatoms. The number of pyridine rings is 1. The second-order valence-corrected chi connectivity index (χ2v) is 7.43. The summed E-state index contributed by atoms with van der Waals surface area (Å²) < 4.78 is 10.4. The van der Waals surface area contributed by atoms with Gasteiger partial charge in [0.25, 0.3) is 5.91 Å². The van der Waals surface area contributed by atoms with Crippen molar-refractivity contribution in [1.29, 1.82) is 0 Å². The normalized spacial score (nSPS) is 15.0. The summed E-state index contributed by atoms with van der Waals surface area (Å²) in [6.45, 7) is 2.87. The number of ether oxygens (including phenoxy) is 2. The number of para-hydroxylation sites is 1. The lowest BCUT2D eigenvalue weighted by molar-refractivity contribution is -0.132. The second kappa shape index (κ2) is 9.17. The summed E-state index contributed by atoms with van der Waals surface area (Å²) in [5, 5.41) is 0.644. The van der Waals surface area contributed by atoms with E-state index in [-0.39, 0.29) is 23.6 Å². The fraction of sp³-hybridized carbons (Fsp3) is 0.400. The summed E-state index contributed by atoms with van der Waals surface area (Å²) in [7, 11) is 1.44. The predicted molar refractivity (Wildman–Crippen MR) is 110 cm³/mol. The first-order valence-corrected chi connectivity index (χ1v) is 9.88. The minimum Gasteiger partial charge on any atom is -0.495 e. The first kappa shape index (κ1) is 21.6. The van der Waals surface area contributed by atoms with Crippen molar-refractivity contribution >= 4 is 40.4 Å². The number of nitrogens with two attached hydrogens (primary N) is 1. The van der Waals surface area contributed by atoms with Crippen molar-refractivity contribution in [3.8, 4) is 5.75 Å².